The molecule has 2 aliphatic rings. The molecular weight excluding hydrogens is 220 g/mol. The lowest BCUT2D eigenvalue weighted by Crippen LogP contribution is -2.22. The number of rotatable bonds is 1. The normalized spacial score (nSPS) is 30.1. The van der Waals surface area contributed by atoms with Crippen LogP contribution in [0.15, 0.2) is 6.20 Å². The Hall–Kier alpha value is -0.480. The topological polar surface area (TPSA) is 38.0 Å². The Morgan fingerprint density at radius 1 is 1.44 bits per heavy atom. The molecule has 1 aromatic heterocycles. The first-order chi connectivity index (χ1) is 7.83. The first-order valence-electron chi connectivity index (χ1n) is 6.14. The standard InChI is InChI=1S/C12H18N2OS/c15-10-3-4-14-7-11(13-12(14)6-10)9-2-1-5-16-8-9/h7,9-10,15H,1-6,8H2. The van der Waals surface area contributed by atoms with Crippen molar-refractivity contribution in [3.05, 3.63) is 17.7 Å². The zero-order chi connectivity index (χ0) is 11.0. The van der Waals surface area contributed by atoms with E-state index in [2.05, 4.69) is 10.8 Å². The van der Waals surface area contributed by atoms with E-state index in [1.807, 2.05) is 11.8 Å². The van der Waals surface area contributed by atoms with Gasteiger partial charge in [-0.2, -0.15) is 11.8 Å². The summed E-state index contributed by atoms with van der Waals surface area (Å²) in [6, 6.07) is 0. The van der Waals surface area contributed by atoms with Crippen molar-refractivity contribution in [3.8, 4) is 0 Å². The summed E-state index contributed by atoms with van der Waals surface area (Å²) < 4.78 is 2.24. The Morgan fingerprint density at radius 3 is 3.19 bits per heavy atom. The van der Waals surface area contributed by atoms with E-state index in [1.54, 1.807) is 0 Å². The summed E-state index contributed by atoms with van der Waals surface area (Å²) >= 11 is 2.05. The van der Waals surface area contributed by atoms with Crippen LogP contribution in [0.1, 0.15) is 36.7 Å². The average molecular weight is 238 g/mol. The predicted molar refractivity (Wildman–Crippen MR) is 65.9 cm³/mol. The van der Waals surface area contributed by atoms with Gasteiger partial charge in [0.1, 0.15) is 5.82 Å². The van der Waals surface area contributed by atoms with E-state index in [4.69, 9.17) is 4.98 Å². The number of fused-ring (bicyclic) bond motifs is 1. The van der Waals surface area contributed by atoms with E-state index in [1.165, 1.54) is 30.0 Å². The van der Waals surface area contributed by atoms with Crippen LogP contribution in [-0.4, -0.2) is 32.3 Å². The second kappa shape index (κ2) is 4.41. The minimum absolute atomic E-state index is 0.177. The van der Waals surface area contributed by atoms with Crippen LogP contribution in [0.5, 0.6) is 0 Å². The zero-order valence-corrected chi connectivity index (χ0v) is 10.2. The number of hydrogen-bond acceptors (Lipinski definition) is 3. The zero-order valence-electron chi connectivity index (χ0n) is 9.43. The molecule has 0 aliphatic carbocycles. The molecule has 2 aliphatic heterocycles. The molecule has 4 heteroatoms. The highest BCUT2D eigenvalue weighted by atomic mass is 32.2. The van der Waals surface area contributed by atoms with Crippen LogP contribution in [0.2, 0.25) is 0 Å². The Morgan fingerprint density at radius 2 is 2.38 bits per heavy atom. The summed E-state index contributed by atoms with van der Waals surface area (Å²) in [7, 11) is 0. The third-order valence-corrected chi connectivity index (χ3v) is 4.79. The molecule has 2 atom stereocenters. The van der Waals surface area contributed by atoms with Crippen molar-refractivity contribution >= 4 is 11.8 Å². The van der Waals surface area contributed by atoms with E-state index >= 15 is 0 Å². The van der Waals surface area contributed by atoms with Crippen molar-refractivity contribution in [1.82, 2.24) is 9.55 Å². The molecule has 3 heterocycles. The molecule has 0 bridgehead atoms. The number of thioether (sulfide) groups is 1. The first-order valence-corrected chi connectivity index (χ1v) is 7.30. The highest BCUT2D eigenvalue weighted by molar-refractivity contribution is 7.99. The Balaban J connectivity index is 1.80. The fourth-order valence-corrected chi connectivity index (χ4v) is 3.76. The number of hydrogen-bond donors (Lipinski definition) is 1. The second-order valence-corrected chi connectivity index (χ2v) is 5.99. The molecule has 1 saturated heterocycles. The van der Waals surface area contributed by atoms with Gasteiger partial charge >= 0.3 is 0 Å². The van der Waals surface area contributed by atoms with Crippen LogP contribution in [-0.2, 0) is 13.0 Å². The van der Waals surface area contributed by atoms with Gasteiger partial charge < -0.3 is 9.67 Å². The monoisotopic (exact) mass is 238 g/mol. The molecular formula is C12H18N2OS. The van der Waals surface area contributed by atoms with Gasteiger partial charge in [0.2, 0.25) is 0 Å². The van der Waals surface area contributed by atoms with Gasteiger partial charge in [-0.3, -0.25) is 0 Å². The van der Waals surface area contributed by atoms with E-state index < -0.39 is 0 Å². The van der Waals surface area contributed by atoms with Crippen molar-refractivity contribution in [1.29, 1.82) is 0 Å². The van der Waals surface area contributed by atoms with Gasteiger partial charge in [0.15, 0.2) is 0 Å². The molecule has 1 aromatic rings. The summed E-state index contributed by atoms with van der Waals surface area (Å²) in [5.41, 5.74) is 1.26. The second-order valence-electron chi connectivity index (χ2n) is 4.84. The molecule has 0 radical (unpaired) electrons. The molecule has 2 unspecified atom stereocenters. The summed E-state index contributed by atoms with van der Waals surface area (Å²) in [5.74, 6) is 4.26. The summed E-state index contributed by atoms with van der Waals surface area (Å²) in [6.45, 7) is 0.934. The van der Waals surface area contributed by atoms with Gasteiger partial charge in [-0.25, -0.2) is 4.98 Å². The SMILES string of the molecule is OC1CCn2cc(C3CCCSC3)nc2C1. The molecule has 3 rings (SSSR count). The largest absolute Gasteiger partial charge is 0.393 e. The molecule has 0 saturated carbocycles. The van der Waals surface area contributed by atoms with Crippen molar-refractivity contribution in [2.45, 2.75) is 44.2 Å². The van der Waals surface area contributed by atoms with E-state index in [-0.39, 0.29) is 6.10 Å². The molecule has 0 spiro atoms. The van der Waals surface area contributed by atoms with Gasteiger partial charge in [-0.15, -0.1) is 0 Å². The molecule has 88 valence electrons. The van der Waals surface area contributed by atoms with Crippen LogP contribution in [0.4, 0.5) is 0 Å². The minimum atomic E-state index is -0.177. The van der Waals surface area contributed by atoms with Crippen molar-refractivity contribution in [3.63, 3.8) is 0 Å². The summed E-state index contributed by atoms with van der Waals surface area (Å²) in [5, 5.41) is 9.62. The maximum atomic E-state index is 9.62. The molecule has 0 aromatic carbocycles. The summed E-state index contributed by atoms with van der Waals surface area (Å²) in [4.78, 5) is 4.71. The van der Waals surface area contributed by atoms with E-state index in [9.17, 15) is 5.11 Å². The van der Waals surface area contributed by atoms with Gasteiger partial charge in [0.05, 0.1) is 11.8 Å². The Bertz CT molecular complexity index is 371. The maximum absolute atomic E-state index is 9.62. The van der Waals surface area contributed by atoms with E-state index in [0.29, 0.717) is 5.92 Å². The average Bonchev–Trinajstić information content (AvgIpc) is 2.73. The smallest absolute Gasteiger partial charge is 0.111 e. The third kappa shape index (κ3) is 2.00. The molecule has 0 amide bonds. The maximum Gasteiger partial charge on any atom is 0.111 e. The number of aliphatic hydroxyl groups is 1. The Kier molecular flexibility index (Phi) is 2.94. The number of aryl methyl sites for hydroxylation is 1. The number of aromatic nitrogens is 2. The van der Waals surface area contributed by atoms with Crippen LogP contribution >= 0.6 is 11.8 Å². The van der Waals surface area contributed by atoms with Crippen LogP contribution in [0.25, 0.3) is 0 Å². The third-order valence-electron chi connectivity index (χ3n) is 3.58. The lowest BCUT2D eigenvalue weighted by atomic mass is 10.0. The highest BCUT2D eigenvalue weighted by Crippen LogP contribution is 2.31. The molecule has 1 fully saturated rings. The number of nitrogens with zero attached hydrogens (tertiary/aromatic N) is 2. The molecule has 1 N–H and O–H groups in total. The first kappa shape index (κ1) is 10.7. The van der Waals surface area contributed by atoms with Crippen molar-refractivity contribution in [2.24, 2.45) is 0 Å². The predicted octanol–water partition coefficient (Wildman–Crippen LogP) is 1.80. The molecule has 16 heavy (non-hydrogen) atoms. The van der Waals surface area contributed by atoms with Gasteiger partial charge in [0, 0.05) is 30.8 Å². The van der Waals surface area contributed by atoms with Crippen LogP contribution < -0.4 is 0 Å². The van der Waals surface area contributed by atoms with E-state index in [0.717, 1.165) is 25.2 Å². The lowest BCUT2D eigenvalue weighted by Gasteiger charge is -2.18. The minimum Gasteiger partial charge on any atom is -0.393 e. The quantitative estimate of drug-likeness (QED) is 0.811. The van der Waals surface area contributed by atoms with Crippen LogP contribution in [0.3, 0.4) is 0 Å². The highest BCUT2D eigenvalue weighted by Gasteiger charge is 2.23. The lowest BCUT2D eigenvalue weighted by molar-refractivity contribution is 0.141. The van der Waals surface area contributed by atoms with Gasteiger partial charge in [-0.05, 0) is 25.0 Å². The van der Waals surface area contributed by atoms with Crippen LogP contribution in [0, 0.1) is 0 Å². The van der Waals surface area contributed by atoms with Gasteiger partial charge in [0.25, 0.3) is 0 Å². The number of imidazole rings is 1. The fraction of sp³-hybridized carbons (Fsp3) is 0.750. The number of aliphatic hydroxyl groups excluding tert-OH is 1. The van der Waals surface area contributed by atoms with Gasteiger partial charge in [-0.1, -0.05) is 0 Å². The molecule has 3 nitrogen and oxygen atoms in total. The fourth-order valence-electron chi connectivity index (χ4n) is 2.60. The van der Waals surface area contributed by atoms with Crippen molar-refractivity contribution in [2.75, 3.05) is 11.5 Å². The summed E-state index contributed by atoms with van der Waals surface area (Å²) in [6.07, 6.45) is 6.26. The Labute approximate surface area is 100 Å². The van der Waals surface area contributed by atoms with Crippen molar-refractivity contribution < 1.29 is 5.11 Å².